The largest absolute Gasteiger partial charge is 0.452 e. The first-order valence-electron chi connectivity index (χ1n) is 9.68. The molecule has 0 aliphatic heterocycles. The van der Waals surface area contributed by atoms with Crippen molar-refractivity contribution >= 4 is 29.0 Å². The van der Waals surface area contributed by atoms with Crippen LogP contribution in [0.25, 0.3) is 0 Å². The van der Waals surface area contributed by atoms with E-state index in [0.717, 1.165) is 11.1 Å². The number of nitrogens with one attached hydrogen (secondary N) is 1. The van der Waals surface area contributed by atoms with Crippen molar-refractivity contribution < 1.29 is 24.0 Å². The fourth-order valence-electron chi connectivity index (χ4n) is 2.97. The van der Waals surface area contributed by atoms with Gasteiger partial charge in [0.05, 0.1) is 10.5 Å². The van der Waals surface area contributed by atoms with Gasteiger partial charge in [-0.3, -0.25) is 19.7 Å². The lowest BCUT2D eigenvalue weighted by Crippen LogP contribution is -2.21. The van der Waals surface area contributed by atoms with E-state index in [4.69, 9.17) is 4.74 Å². The van der Waals surface area contributed by atoms with Gasteiger partial charge in [0.1, 0.15) is 5.69 Å². The number of nitro benzene ring substituents is 1. The number of ketones is 1. The number of nitrogens with zero attached hydrogens (tertiary/aromatic N) is 1. The molecule has 3 aromatic rings. The molecule has 3 rings (SSSR count). The maximum Gasteiger partial charge on any atom is 0.338 e. The summed E-state index contributed by atoms with van der Waals surface area (Å²) in [6.45, 7) is 2.88. The van der Waals surface area contributed by atoms with Crippen molar-refractivity contribution in [2.45, 2.75) is 13.8 Å². The standard InChI is InChI=1S/C24H20N2O6/c1-15-12-20(21(26(30)31)13-16(15)2)25-22(27)14-32-24(29)19-10-8-18(9-11-19)23(28)17-6-4-3-5-7-17/h3-13H,14H2,1-2H3,(H,25,27). The van der Waals surface area contributed by atoms with E-state index >= 15 is 0 Å². The second kappa shape index (κ2) is 9.65. The van der Waals surface area contributed by atoms with Crippen LogP contribution in [0, 0.1) is 24.0 Å². The minimum absolute atomic E-state index is 0.0305. The number of carbonyl (C=O) groups is 3. The lowest BCUT2D eigenvalue weighted by Gasteiger charge is -2.09. The maximum atomic E-state index is 12.4. The van der Waals surface area contributed by atoms with Crippen molar-refractivity contribution in [3.8, 4) is 0 Å². The number of carbonyl (C=O) groups excluding carboxylic acids is 3. The highest BCUT2D eigenvalue weighted by Gasteiger charge is 2.19. The number of aryl methyl sites for hydroxylation is 2. The average Bonchev–Trinajstić information content (AvgIpc) is 2.79. The van der Waals surface area contributed by atoms with Crippen LogP contribution in [0.4, 0.5) is 11.4 Å². The van der Waals surface area contributed by atoms with Crippen molar-refractivity contribution in [1.29, 1.82) is 0 Å². The summed E-state index contributed by atoms with van der Waals surface area (Å²) in [6, 6.07) is 17.5. The van der Waals surface area contributed by atoms with Gasteiger partial charge in [-0.2, -0.15) is 0 Å². The molecular weight excluding hydrogens is 412 g/mol. The molecular formula is C24H20N2O6. The lowest BCUT2D eigenvalue weighted by atomic mass is 10.0. The zero-order valence-corrected chi connectivity index (χ0v) is 17.5. The molecule has 1 amide bonds. The summed E-state index contributed by atoms with van der Waals surface area (Å²) < 4.78 is 5.00. The molecule has 0 saturated heterocycles. The van der Waals surface area contributed by atoms with Gasteiger partial charge in [-0.25, -0.2) is 4.79 Å². The topological polar surface area (TPSA) is 116 Å². The van der Waals surface area contributed by atoms with Crippen LogP contribution in [0.15, 0.2) is 66.7 Å². The molecule has 0 radical (unpaired) electrons. The Morgan fingerprint density at radius 1 is 0.875 bits per heavy atom. The summed E-state index contributed by atoms with van der Waals surface area (Å²) >= 11 is 0. The molecule has 8 nitrogen and oxygen atoms in total. The first kappa shape index (κ1) is 22.4. The Morgan fingerprint density at radius 3 is 2.06 bits per heavy atom. The van der Waals surface area contributed by atoms with Crippen LogP contribution < -0.4 is 5.32 Å². The van der Waals surface area contributed by atoms with E-state index < -0.39 is 23.4 Å². The van der Waals surface area contributed by atoms with Gasteiger partial charge in [-0.15, -0.1) is 0 Å². The molecule has 0 spiro atoms. The SMILES string of the molecule is Cc1cc(NC(=O)COC(=O)c2ccc(C(=O)c3ccccc3)cc2)c([N+](=O)[O-])cc1C. The summed E-state index contributed by atoms with van der Waals surface area (Å²) in [5.74, 6) is -1.64. The summed E-state index contributed by atoms with van der Waals surface area (Å²) in [7, 11) is 0. The Kier molecular flexibility index (Phi) is 6.74. The Hall–Kier alpha value is -4.33. The van der Waals surface area contributed by atoms with Gasteiger partial charge in [0, 0.05) is 17.2 Å². The number of nitro groups is 1. The quantitative estimate of drug-likeness (QED) is 0.258. The van der Waals surface area contributed by atoms with Gasteiger partial charge in [0.15, 0.2) is 12.4 Å². The van der Waals surface area contributed by atoms with E-state index in [9.17, 15) is 24.5 Å². The molecule has 0 aliphatic rings. The van der Waals surface area contributed by atoms with Crippen LogP contribution in [0.3, 0.4) is 0 Å². The van der Waals surface area contributed by atoms with Crippen LogP contribution in [-0.2, 0) is 9.53 Å². The molecule has 0 aromatic heterocycles. The molecule has 0 unspecified atom stereocenters. The summed E-state index contributed by atoms with van der Waals surface area (Å²) in [4.78, 5) is 47.5. The zero-order valence-electron chi connectivity index (χ0n) is 17.5. The average molecular weight is 432 g/mol. The van der Waals surface area contributed by atoms with Gasteiger partial charge >= 0.3 is 5.97 Å². The van der Waals surface area contributed by atoms with E-state index in [-0.39, 0.29) is 22.7 Å². The number of esters is 1. The molecule has 3 aromatic carbocycles. The fraction of sp³-hybridized carbons (Fsp3) is 0.125. The molecule has 0 heterocycles. The van der Waals surface area contributed by atoms with Crippen molar-refractivity contribution in [1.82, 2.24) is 0 Å². The van der Waals surface area contributed by atoms with E-state index in [1.807, 2.05) is 6.07 Å². The number of rotatable bonds is 7. The highest BCUT2D eigenvalue weighted by molar-refractivity contribution is 6.09. The van der Waals surface area contributed by atoms with Gasteiger partial charge in [0.2, 0.25) is 0 Å². The van der Waals surface area contributed by atoms with E-state index in [0.29, 0.717) is 11.1 Å². The van der Waals surface area contributed by atoms with Crippen LogP contribution in [0.1, 0.15) is 37.4 Å². The smallest absolute Gasteiger partial charge is 0.338 e. The number of anilines is 1. The number of ether oxygens (including phenoxy) is 1. The zero-order chi connectivity index (χ0) is 23.3. The first-order chi connectivity index (χ1) is 15.3. The van der Waals surface area contributed by atoms with Gasteiger partial charge in [0.25, 0.3) is 11.6 Å². The minimum atomic E-state index is -0.756. The van der Waals surface area contributed by atoms with Gasteiger partial charge in [-0.05, 0) is 43.2 Å². The first-order valence-corrected chi connectivity index (χ1v) is 9.68. The van der Waals surface area contributed by atoms with E-state index in [1.54, 1.807) is 38.1 Å². The minimum Gasteiger partial charge on any atom is -0.452 e. The Morgan fingerprint density at radius 2 is 1.44 bits per heavy atom. The van der Waals surface area contributed by atoms with Crippen molar-refractivity contribution in [2.24, 2.45) is 0 Å². The molecule has 162 valence electrons. The Balaban J connectivity index is 1.61. The number of hydrogen-bond acceptors (Lipinski definition) is 6. The molecule has 0 fully saturated rings. The second-order valence-electron chi connectivity index (χ2n) is 7.11. The maximum absolute atomic E-state index is 12.4. The molecule has 0 atom stereocenters. The van der Waals surface area contributed by atoms with Crippen molar-refractivity contribution in [3.63, 3.8) is 0 Å². The molecule has 0 saturated carbocycles. The Bertz CT molecular complexity index is 1190. The van der Waals surface area contributed by atoms with Crippen LogP contribution in [-0.4, -0.2) is 29.2 Å². The summed E-state index contributed by atoms with van der Waals surface area (Å²) in [5.41, 5.74) is 2.38. The monoisotopic (exact) mass is 432 g/mol. The molecule has 0 aliphatic carbocycles. The number of benzene rings is 3. The predicted molar refractivity (Wildman–Crippen MR) is 118 cm³/mol. The third-order valence-electron chi connectivity index (χ3n) is 4.84. The van der Waals surface area contributed by atoms with Crippen molar-refractivity contribution in [2.75, 3.05) is 11.9 Å². The molecule has 32 heavy (non-hydrogen) atoms. The number of hydrogen-bond donors (Lipinski definition) is 1. The van der Waals surface area contributed by atoms with E-state index in [2.05, 4.69) is 5.32 Å². The summed E-state index contributed by atoms with van der Waals surface area (Å²) in [5, 5.41) is 13.6. The highest BCUT2D eigenvalue weighted by Crippen LogP contribution is 2.27. The van der Waals surface area contributed by atoms with Crippen LogP contribution >= 0.6 is 0 Å². The summed E-state index contributed by atoms with van der Waals surface area (Å²) in [6.07, 6.45) is 0. The van der Waals surface area contributed by atoms with Crippen molar-refractivity contribution in [3.05, 3.63) is 105 Å². The molecule has 1 N–H and O–H groups in total. The molecule has 0 bridgehead atoms. The lowest BCUT2D eigenvalue weighted by molar-refractivity contribution is -0.384. The second-order valence-corrected chi connectivity index (χ2v) is 7.11. The fourth-order valence-corrected chi connectivity index (χ4v) is 2.97. The number of amides is 1. The van der Waals surface area contributed by atoms with Gasteiger partial charge < -0.3 is 10.1 Å². The molecule has 8 heteroatoms. The van der Waals surface area contributed by atoms with E-state index in [1.165, 1.54) is 36.4 Å². The van der Waals surface area contributed by atoms with Crippen LogP contribution in [0.2, 0.25) is 0 Å². The van der Waals surface area contributed by atoms with Crippen LogP contribution in [0.5, 0.6) is 0 Å². The Labute approximate surface area is 184 Å². The van der Waals surface area contributed by atoms with Gasteiger partial charge in [-0.1, -0.05) is 42.5 Å². The third-order valence-corrected chi connectivity index (χ3v) is 4.84. The normalized spacial score (nSPS) is 10.3. The third kappa shape index (κ3) is 5.23. The highest BCUT2D eigenvalue weighted by atomic mass is 16.6. The predicted octanol–water partition coefficient (Wildman–Crippen LogP) is 4.24.